The molecule has 0 aromatic heterocycles. The molecule has 126 valence electrons. The van der Waals surface area contributed by atoms with E-state index in [1.165, 1.54) is 7.11 Å². The normalized spacial score (nSPS) is 11.6. The van der Waals surface area contributed by atoms with Crippen LogP contribution in [0.25, 0.3) is 0 Å². The van der Waals surface area contributed by atoms with Crippen LogP contribution in [-0.2, 0) is 9.53 Å². The summed E-state index contributed by atoms with van der Waals surface area (Å²) in [5, 5.41) is 5.90. The van der Waals surface area contributed by atoms with Gasteiger partial charge in [0.2, 0.25) is 5.91 Å². The van der Waals surface area contributed by atoms with Crippen molar-refractivity contribution in [1.29, 1.82) is 0 Å². The molecule has 24 heavy (non-hydrogen) atoms. The first-order chi connectivity index (χ1) is 11.5. The quantitative estimate of drug-likeness (QED) is 0.740. The number of methoxy groups -OCH3 is 1. The maximum Gasteiger partial charge on any atom is 0.339 e. The molecule has 1 atom stereocenters. The van der Waals surface area contributed by atoms with Crippen LogP contribution >= 0.6 is 15.9 Å². The third-order valence-electron chi connectivity index (χ3n) is 3.55. The molecule has 5 nitrogen and oxygen atoms in total. The Hall–Kier alpha value is -2.18. The van der Waals surface area contributed by atoms with Crippen molar-refractivity contribution in [2.75, 3.05) is 19.0 Å². The minimum Gasteiger partial charge on any atom is -0.465 e. The van der Waals surface area contributed by atoms with Crippen LogP contribution in [0.3, 0.4) is 0 Å². The van der Waals surface area contributed by atoms with Gasteiger partial charge in [0.15, 0.2) is 0 Å². The second-order valence-electron chi connectivity index (χ2n) is 5.21. The van der Waals surface area contributed by atoms with Crippen LogP contribution < -0.4 is 10.6 Å². The number of para-hydroxylation sites is 1. The molecule has 0 aliphatic rings. The Morgan fingerprint density at radius 3 is 2.50 bits per heavy atom. The van der Waals surface area contributed by atoms with E-state index in [1.54, 1.807) is 24.3 Å². The lowest BCUT2D eigenvalue weighted by molar-refractivity contribution is -0.115. The molecule has 2 aromatic carbocycles. The summed E-state index contributed by atoms with van der Waals surface area (Å²) in [6, 6.07) is 14.6. The van der Waals surface area contributed by atoms with Gasteiger partial charge in [-0.2, -0.15) is 0 Å². The van der Waals surface area contributed by atoms with Gasteiger partial charge in [0.25, 0.3) is 0 Å². The third-order valence-corrected chi connectivity index (χ3v) is 4.27. The van der Waals surface area contributed by atoms with E-state index in [0.717, 1.165) is 10.0 Å². The van der Waals surface area contributed by atoms with Crippen LogP contribution in [0.2, 0.25) is 0 Å². The number of anilines is 1. The molecule has 0 radical (unpaired) electrons. The second-order valence-corrected chi connectivity index (χ2v) is 6.06. The maximum absolute atomic E-state index is 12.2. The van der Waals surface area contributed by atoms with E-state index in [4.69, 9.17) is 4.74 Å². The minimum atomic E-state index is -0.486. The van der Waals surface area contributed by atoms with Gasteiger partial charge in [-0.3, -0.25) is 4.79 Å². The first kappa shape index (κ1) is 18.2. The number of carbonyl (C=O) groups is 2. The molecule has 0 fully saturated rings. The molecule has 0 saturated carbocycles. The number of benzene rings is 2. The molecule has 2 rings (SSSR count). The molecule has 0 saturated heterocycles. The fraction of sp³-hybridized carbons (Fsp3) is 0.222. The van der Waals surface area contributed by atoms with Crippen molar-refractivity contribution in [3.05, 3.63) is 64.1 Å². The lowest BCUT2D eigenvalue weighted by Crippen LogP contribution is -2.30. The monoisotopic (exact) mass is 390 g/mol. The number of amides is 1. The van der Waals surface area contributed by atoms with Crippen LogP contribution in [0.5, 0.6) is 0 Å². The summed E-state index contributed by atoms with van der Waals surface area (Å²) in [6.07, 6.45) is 0. The summed E-state index contributed by atoms with van der Waals surface area (Å²) >= 11 is 3.50. The Kier molecular flexibility index (Phi) is 6.52. The van der Waals surface area contributed by atoms with E-state index in [2.05, 4.69) is 26.6 Å². The van der Waals surface area contributed by atoms with E-state index in [0.29, 0.717) is 11.3 Å². The molecule has 6 heteroatoms. The topological polar surface area (TPSA) is 67.4 Å². The fourth-order valence-corrected chi connectivity index (χ4v) is 2.88. The highest BCUT2D eigenvalue weighted by Crippen LogP contribution is 2.22. The van der Waals surface area contributed by atoms with Crippen LogP contribution in [-0.4, -0.2) is 25.5 Å². The first-order valence-electron chi connectivity index (χ1n) is 7.48. The summed E-state index contributed by atoms with van der Waals surface area (Å²) in [4.78, 5) is 23.9. The fourth-order valence-electron chi connectivity index (χ4n) is 2.26. The number of carbonyl (C=O) groups excluding carboxylic acids is 2. The van der Waals surface area contributed by atoms with Gasteiger partial charge in [-0.15, -0.1) is 0 Å². The van der Waals surface area contributed by atoms with Crippen molar-refractivity contribution in [2.45, 2.75) is 13.0 Å². The average Bonchev–Trinajstić information content (AvgIpc) is 2.60. The van der Waals surface area contributed by atoms with Gasteiger partial charge in [0, 0.05) is 10.5 Å². The summed E-state index contributed by atoms with van der Waals surface area (Å²) < 4.78 is 5.70. The van der Waals surface area contributed by atoms with E-state index < -0.39 is 5.97 Å². The zero-order chi connectivity index (χ0) is 17.5. The summed E-state index contributed by atoms with van der Waals surface area (Å²) in [7, 11) is 1.31. The number of nitrogens with one attached hydrogen (secondary N) is 2. The van der Waals surface area contributed by atoms with Gasteiger partial charge in [-0.05, 0) is 30.7 Å². The smallest absolute Gasteiger partial charge is 0.339 e. The van der Waals surface area contributed by atoms with Crippen LogP contribution in [0, 0.1) is 0 Å². The molecule has 0 heterocycles. The molecule has 0 unspecified atom stereocenters. The second kappa shape index (κ2) is 8.61. The molecule has 2 aromatic rings. The number of hydrogen-bond donors (Lipinski definition) is 2. The van der Waals surface area contributed by atoms with Gasteiger partial charge < -0.3 is 15.4 Å². The molecular formula is C18H19BrN2O3. The molecule has 0 spiro atoms. The van der Waals surface area contributed by atoms with Crippen LogP contribution in [0.1, 0.15) is 28.9 Å². The maximum atomic E-state index is 12.2. The number of ether oxygens (including phenoxy) is 1. The molecule has 0 bridgehead atoms. The van der Waals surface area contributed by atoms with Crippen LogP contribution in [0.4, 0.5) is 5.69 Å². The minimum absolute atomic E-state index is 0.00201. The Balaban J connectivity index is 1.97. The molecule has 1 amide bonds. The van der Waals surface area contributed by atoms with E-state index in [9.17, 15) is 9.59 Å². The number of rotatable bonds is 6. The van der Waals surface area contributed by atoms with Gasteiger partial charge >= 0.3 is 5.97 Å². The largest absolute Gasteiger partial charge is 0.465 e. The zero-order valence-electron chi connectivity index (χ0n) is 13.5. The van der Waals surface area contributed by atoms with Crippen molar-refractivity contribution in [3.8, 4) is 0 Å². The number of hydrogen-bond acceptors (Lipinski definition) is 4. The Morgan fingerprint density at radius 2 is 1.79 bits per heavy atom. The first-order valence-corrected chi connectivity index (χ1v) is 8.27. The van der Waals surface area contributed by atoms with Gasteiger partial charge in [0.1, 0.15) is 0 Å². The highest BCUT2D eigenvalue weighted by molar-refractivity contribution is 9.10. The van der Waals surface area contributed by atoms with Crippen molar-refractivity contribution >= 4 is 33.5 Å². The van der Waals surface area contributed by atoms with Crippen molar-refractivity contribution in [1.82, 2.24) is 5.32 Å². The SMILES string of the molecule is COC(=O)c1ccccc1NC(=O)CN[C@H](C)c1ccccc1Br. The van der Waals surface area contributed by atoms with Gasteiger partial charge in [-0.25, -0.2) is 4.79 Å². The van der Waals surface area contributed by atoms with Crippen LogP contribution in [0.15, 0.2) is 53.0 Å². The highest BCUT2D eigenvalue weighted by atomic mass is 79.9. The zero-order valence-corrected chi connectivity index (χ0v) is 15.1. The van der Waals surface area contributed by atoms with Crippen molar-refractivity contribution < 1.29 is 14.3 Å². The standard InChI is InChI=1S/C18H19BrN2O3/c1-12(13-7-3-5-9-15(13)19)20-11-17(22)21-16-10-6-4-8-14(16)18(23)24-2/h3-10,12,20H,11H2,1-2H3,(H,21,22)/t12-/m1/s1. The van der Waals surface area contributed by atoms with Crippen molar-refractivity contribution in [2.24, 2.45) is 0 Å². The summed E-state index contributed by atoms with van der Waals surface area (Å²) in [6.45, 7) is 2.10. The van der Waals surface area contributed by atoms with E-state index >= 15 is 0 Å². The summed E-state index contributed by atoms with van der Waals surface area (Å²) in [5.74, 6) is -0.717. The average molecular weight is 391 g/mol. The lowest BCUT2D eigenvalue weighted by Gasteiger charge is -2.16. The molecule has 2 N–H and O–H groups in total. The highest BCUT2D eigenvalue weighted by Gasteiger charge is 2.14. The van der Waals surface area contributed by atoms with Gasteiger partial charge in [0.05, 0.1) is 24.9 Å². The van der Waals surface area contributed by atoms with E-state index in [1.807, 2.05) is 31.2 Å². The molecule has 0 aliphatic heterocycles. The predicted molar refractivity (Wildman–Crippen MR) is 97.0 cm³/mol. The third kappa shape index (κ3) is 4.66. The Labute approximate surface area is 149 Å². The Morgan fingerprint density at radius 1 is 1.12 bits per heavy atom. The van der Waals surface area contributed by atoms with Crippen molar-refractivity contribution in [3.63, 3.8) is 0 Å². The lowest BCUT2D eigenvalue weighted by atomic mass is 10.1. The van der Waals surface area contributed by atoms with Gasteiger partial charge in [-0.1, -0.05) is 46.3 Å². The molecule has 0 aliphatic carbocycles. The number of esters is 1. The molecular weight excluding hydrogens is 372 g/mol. The Bertz CT molecular complexity index is 734. The van der Waals surface area contributed by atoms with E-state index in [-0.39, 0.29) is 18.5 Å². The summed E-state index contributed by atoms with van der Waals surface area (Å²) in [5.41, 5.74) is 1.83. The predicted octanol–water partition coefficient (Wildman–Crippen LogP) is 3.53. The number of halogens is 1.